The number of hydrogen-bond donors (Lipinski definition) is 1. The van der Waals surface area contributed by atoms with Crippen LogP contribution in [0, 0.1) is 6.92 Å². The first kappa shape index (κ1) is 16.9. The molecule has 8 heteroatoms. The Hall–Kier alpha value is -3.26. The van der Waals surface area contributed by atoms with E-state index in [1.807, 2.05) is 31.2 Å². The van der Waals surface area contributed by atoms with Gasteiger partial charge in [-0.3, -0.25) is 4.79 Å². The molecule has 5 rings (SSSR count). The predicted molar refractivity (Wildman–Crippen MR) is 105 cm³/mol. The third kappa shape index (κ3) is 2.91. The zero-order valence-electron chi connectivity index (χ0n) is 15.0. The lowest BCUT2D eigenvalue weighted by atomic mass is 10.2. The summed E-state index contributed by atoms with van der Waals surface area (Å²) in [5.74, 6) is 2.90. The number of thioether (sulfide) groups is 1. The van der Waals surface area contributed by atoms with E-state index < -0.39 is 0 Å². The molecule has 0 aliphatic carbocycles. The zero-order valence-corrected chi connectivity index (χ0v) is 15.8. The van der Waals surface area contributed by atoms with E-state index in [4.69, 9.17) is 14.0 Å². The molecule has 1 N–H and O–H groups in total. The molecule has 1 aromatic carbocycles. The summed E-state index contributed by atoms with van der Waals surface area (Å²) in [6, 6.07) is 13.1. The molecule has 0 spiro atoms. The molecule has 1 aliphatic heterocycles. The van der Waals surface area contributed by atoms with Gasteiger partial charge in [-0.25, -0.2) is 4.68 Å². The van der Waals surface area contributed by atoms with E-state index in [0.717, 1.165) is 34.0 Å². The molecule has 28 heavy (non-hydrogen) atoms. The minimum atomic E-state index is -0.352. The van der Waals surface area contributed by atoms with Crippen LogP contribution in [0.15, 0.2) is 57.7 Å². The van der Waals surface area contributed by atoms with Crippen molar-refractivity contribution in [3.8, 4) is 17.2 Å². The van der Waals surface area contributed by atoms with Crippen molar-refractivity contribution in [3.63, 3.8) is 0 Å². The van der Waals surface area contributed by atoms with Crippen molar-refractivity contribution >= 4 is 23.5 Å². The van der Waals surface area contributed by atoms with Crippen LogP contribution in [0.5, 0.6) is 0 Å². The van der Waals surface area contributed by atoms with Gasteiger partial charge in [0, 0.05) is 23.1 Å². The van der Waals surface area contributed by atoms with E-state index in [1.54, 1.807) is 40.9 Å². The summed E-state index contributed by atoms with van der Waals surface area (Å²) in [6.45, 7) is 2.04. The summed E-state index contributed by atoms with van der Waals surface area (Å²) in [7, 11) is 0. The third-order valence-electron chi connectivity index (χ3n) is 4.57. The number of anilines is 1. The van der Waals surface area contributed by atoms with Gasteiger partial charge >= 0.3 is 0 Å². The molecule has 0 saturated carbocycles. The molecule has 0 unspecified atom stereocenters. The highest BCUT2D eigenvalue weighted by molar-refractivity contribution is 7.98. The lowest BCUT2D eigenvalue weighted by Crippen LogP contribution is -2.16. The molecule has 0 atom stereocenters. The first-order chi connectivity index (χ1) is 13.7. The van der Waals surface area contributed by atoms with Crippen molar-refractivity contribution in [2.24, 2.45) is 0 Å². The second-order valence-electron chi connectivity index (χ2n) is 6.52. The fraction of sp³-hybridized carbons (Fsp3) is 0.150. The molecule has 4 heterocycles. The highest BCUT2D eigenvalue weighted by atomic mass is 32.2. The van der Waals surface area contributed by atoms with Crippen LogP contribution in [0.1, 0.15) is 27.3 Å². The number of benzene rings is 1. The van der Waals surface area contributed by atoms with E-state index in [-0.39, 0.29) is 11.6 Å². The summed E-state index contributed by atoms with van der Waals surface area (Å²) in [5.41, 5.74) is 4.29. The van der Waals surface area contributed by atoms with Gasteiger partial charge in [0.15, 0.2) is 11.5 Å². The molecule has 0 saturated heterocycles. The number of aryl methyl sites for hydroxylation is 1. The van der Waals surface area contributed by atoms with Gasteiger partial charge in [0.1, 0.15) is 5.82 Å². The molecular formula is C20H16N4O3S. The molecular weight excluding hydrogens is 376 g/mol. The number of hydrogen-bond acceptors (Lipinski definition) is 6. The Morgan fingerprint density at radius 1 is 1.18 bits per heavy atom. The van der Waals surface area contributed by atoms with Crippen molar-refractivity contribution in [1.82, 2.24) is 14.9 Å². The van der Waals surface area contributed by atoms with Gasteiger partial charge in [0.05, 0.1) is 17.6 Å². The first-order valence-corrected chi connectivity index (χ1v) is 9.92. The highest BCUT2D eigenvalue weighted by Gasteiger charge is 2.26. The monoisotopic (exact) mass is 392 g/mol. The normalized spacial score (nSPS) is 12.9. The number of fused-ring (bicyclic) bond motifs is 1. The van der Waals surface area contributed by atoms with Crippen LogP contribution in [0.4, 0.5) is 5.82 Å². The molecule has 0 fully saturated rings. The van der Waals surface area contributed by atoms with Crippen molar-refractivity contribution in [1.29, 1.82) is 0 Å². The average Bonchev–Trinajstić information content (AvgIpc) is 3.47. The fourth-order valence-corrected chi connectivity index (χ4v) is 4.14. The van der Waals surface area contributed by atoms with Crippen LogP contribution >= 0.6 is 11.8 Å². The second kappa shape index (κ2) is 6.72. The molecule has 140 valence electrons. The Morgan fingerprint density at radius 2 is 2.04 bits per heavy atom. The maximum atomic E-state index is 12.8. The number of rotatable bonds is 4. The van der Waals surface area contributed by atoms with Gasteiger partial charge in [-0.15, -0.1) is 0 Å². The Balaban J connectivity index is 1.48. The Kier molecular flexibility index (Phi) is 4.05. The van der Waals surface area contributed by atoms with Gasteiger partial charge in [-0.2, -0.15) is 16.9 Å². The summed E-state index contributed by atoms with van der Waals surface area (Å²) in [4.78, 5) is 12.8. The predicted octanol–water partition coefficient (Wildman–Crippen LogP) is 4.43. The molecule has 3 aromatic heterocycles. The fourth-order valence-electron chi connectivity index (χ4n) is 3.10. The smallest absolute Gasteiger partial charge is 0.279 e. The molecule has 0 radical (unpaired) electrons. The number of amides is 1. The van der Waals surface area contributed by atoms with Gasteiger partial charge < -0.3 is 14.3 Å². The first-order valence-electron chi connectivity index (χ1n) is 8.76. The van der Waals surface area contributed by atoms with Crippen molar-refractivity contribution in [2.75, 3.05) is 5.32 Å². The van der Waals surface area contributed by atoms with E-state index in [0.29, 0.717) is 17.3 Å². The van der Waals surface area contributed by atoms with Crippen LogP contribution in [0.2, 0.25) is 0 Å². The topological polar surface area (TPSA) is 86.1 Å². The van der Waals surface area contributed by atoms with Crippen LogP contribution in [0.3, 0.4) is 0 Å². The van der Waals surface area contributed by atoms with Gasteiger partial charge in [-0.1, -0.05) is 22.9 Å². The molecule has 1 amide bonds. The number of carbonyl (C=O) groups excluding carboxylic acids is 1. The summed E-state index contributed by atoms with van der Waals surface area (Å²) >= 11 is 1.78. The van der Waals surface area contributed by atoms with E-state index in [2.05, 4.69) is 10.5 Å². The van der Waals surface area contributed by atoms with Gasteiger partial charge in [0.25, 0.3) is 5.91 Å². The molecule has 4 aromatic rings. The van der Waals surface area contributed by atoms with Crippen LogP contribution in [-0.4, -0.2) is 20.8 Å². The van der Waals surface area contributed by atoms with Crippen molar-refractivity contribution in [2.45, 2.75) is 18.4 Å². The zero-order chi connectivity index (χ0) is 19.1. The van der Waals surface area contributed by atoms with Crippen molar-refractivity contribution in [3.05, 3.63) is 71.2 Å². The number of aromatic nitrogens is 3. The molecule has 7 nitrogen and oxygen atoms in total. The van der Waals surface area contributed by atoms with Crippen LogP contribution in [0.25, 0.3) is 17.2 Å². The SMILES string of the molecule is Cc1ccc(-n2nc3c(c2NC(=O)c2cc(-c4ccco4)on2)CSC3)cc1. The number of carbonyl (C=O) groups is 1. The maximum absolute atomic E-state index is 12.8. The van der Waals surface area contributed by atoms with E-state index >= 15 is 0 Å². The third-order valence-corrected chi connectivity index (χ3v) is 5.54. The van der Waals surface area contributed by atoms with E-state index in [1.165, 1.54) is 0 Å². The number of furan rings is 1. The minimum Gasteiger partial charge on any atom is -0.461 e. The standard InChI is InChI=1S/C20H16N4O3S/c1-12-4-6-13(7-5-12)24-19(14-10-28-11-16(14)22-24)21-20(25)15-9-18(27-23-15)17-3-2-8-26-17/h2-9H,10-11H2,1H3,(H,21,25). The summed E-state index contributed by atoms with van der Waals surface area (Å²) in [5, 5.41) is 11.6. The Labute approximate surface area is 164 Å². The Bertz CT molecular complexity index is 1140. The number of nitrogens with one attached hydrogen (secondary N) is 1. The Morgan fingerprint density at radius 3 is 2.82 bits per heavy atom. The van der Waals surface area contributed by atoms with Gasteiger partial charge in [-0.05, 0) is 31.2 Å². The quantitative estimate of drug-likeness (QED) is 0.553. The van der Waals surface area contributed by atoms with Crippen molar-refractivity contribution < 1.29 is 13.7 Å². The van der Waals surface area contributed by atoms with Crippen LogP contribution < -0.4 is 5.32 Å². The maximum Gasteiger partial charge on any atom is 0.279 e. The second-order valence-corrected chi connectivity index (χ2v) is 7.51. The number of nitrogens with zero attached hydrogens (tertiary/aromatic N) is 3. The summed E-state index contributed by atoms with van der Waals surface area (Å²) < 4.78 is 12.3. The molecule has 0 bridgehead atoms. The lowest BCUT2D eigenvalue weighted by molar-refractivity contribution is 0.101. The average molecular weight is 392 g/mol. The largest absolute Gasteiger partial charge is 0.461 e. The summed E-state index contributed by atoms with van der Waals surface area (Å²) in [6.07, 6.45) is 1.54. The molecule has 1 aliphatic rings. The van der Waals surface area contributed by atoms with E-state index in [9.17, 15) is 4.79 Å². The van der Waals surface area contributed by atoms with Gasteiger partial charge in [0.2, 0.25) is 5.76 Å². The minimum absolute atomic E-state index is 0.183. The van der Waals surface area contributed by atoms with Crippen LogP contribution in [-0.2, 0) is 11.5 Å². The highest BCUT2D eigenvalue weighted by Crippen LogP contribution is 2.36. The lowest BCUT2D eigenvalue weighted by Gasteiger charge is -2.10.